The molecule has 0 saturated carbocycles. The number of carbonyl (C=O) groups is 1. The van der Waals surface area contributed by atoms with Gasteiger partial charge in [0, 0.05) is 16.8 Å². The van der Waals surface area contributed by atoms with Crippen molar-refractivity contribution in [3.8, 4) is 0 Å². The highest BCUT2D eigenvalue weighted by Crippen LogP contribution is 2.23. The topological polar surface area (TPSA) is 29.1 Å². The third-order valence-corrected chi connectivity index (χ3v) is 3.06. The lowest BCUT2D eigenvalue weighted by Gasteiger charge is -2.01. The molecule has 0 atom stereocenters. The summed E-state index contributed by atoms with van der Waals surface area (Å²) < 4.78 is 0. The van der Waals surface area contributed by atoms with Crippen LogP contribution in [0, 0.1) is 0 Å². The summed E-state index contributed by atoms with van der Waals surface area (Å²) in [5.74, 6) is 0. The molecule has 1 aromatic rings. The van der Waals surface area contributed by atoms with Gasteiger partial charge in [-0.25, -0.2) is 0 Å². The molecule has 1 amide bonds. The van der Waals surface area contributed by atoms with E-state index in [1.165, 1.54) is 16.7 Å². The van der Waals surface area contributed by atoms with E-state index in [4.69, 9.17) is 0 Å². The Morgan fingerprint density at radius 2 is 2.08 bits per heavy atom. The van der Waals surface area contributed by atoms with Gasteiger partial charge in [-0.3, -0.25) is 4.79 Å². The van der Waals surface area contributed by atoms with E-state index in [-0.39, 0.29) is 5.24 Å². The molecule has 0 spiro atoms. The molecule has 2 nitrogen and oxygen atoms in total. The third kappa shape index (κ3) is 3.32. The largest absolute Gasteiger partial charge is 0.350 e. The summed E-state index contributed by atoms with van der Waals surface area (Å²) in [5, 5.41) is 2.54. The second-order valence-corrected chi connectivity index (χ2v) is 4.24. The highest BCUT2D eigenvalue weighted by atomic mass is 32.2. The van der Waals surface area contributed by atoms with Crippen molar-refractivity contribution in [2.75, 3.05) is 13.3 Å². The summed E-state index contributed by atoms with van der Waals surface area (Å²) in [6.07, 6.45) is 2.02. The maximum absolute atomic E-state index is 11.0. The Hall–Kier alpha value is -0.610. The summed E-state index contributed by atoms with van der Waals surface area (Å²) in [4.78, 5) is 13.2. The predicted molar refractivity (Wildman–Crippen MR) is 58.5 cm³/mol. The van der Waals surface area contributed by atoms with Gasteiger partial charge < -0.3 is 5.32 Å². The molecule has 0 aliphatic rings. The van der Waals surface area contributed by atoms with Crippen molar-refractivity contribution in [1.82, 2.24) is 5.32 Å². The van der Waals surface area contributed by atoms with Crippen LogP contribution in [-0.4, -0.2) is 18.5 Å². The average Bonchev–Trinajstić information content (AvgIpc) is 2.18. The van der Waals surface area contributed by atoms with Crippen molar-refractivity contribution < 1.29 is 4.79 Å². The molecule has 0 aromatic heterocycles. The summed E-state index contributed by atoms with van der Waals surface area (Å²) in [6, 6.07) is 7.92. The van der Waals surface area contributed by atoms with Gasteiger partial charge >= 0.3 is 0 Å². The SMILES string of the molecule is CNC(=O)Sc1cccc(SC)c1. The van der Waals surface area contributed by atoms with Gasteiger partial charge in [-0.15, -0.1) is 11.8 Å². The predicted octanol–water partition coefficient (Wildman–Crippen LogP) is 2.84. The molecule has 0 unspecified atom stereocenters. The molecule has 13 heavy (non-hydrogen) atoms. The van der Waals surface area contributed by atoms with Crippen molar-refractivity contribution in [1.29, 1.82) is 0 Å². The molecule has 1 aromatic carbocycles. The zero-order valence-electron chi connectivity index (χ0n) is 7.53. The van der Waals surface area contributed by atoms with Gasteiger partial charge in [-0.05, 0) is 36.2 Å². The minimum absolute atomic E-state index is 0.0294. The zero-order valence-corrected chi connectivity index (χ0v) is 9.17. The Morgan fingerprint density at radius 3 is 2.69 bits per heavy atom. The number of carbonyl (C=O) groups excluding carboxylic acids is 1. The molecule has 0 bridgehead atoms. The fourth-order valence-corrected chi connectivity index (χ4v) is 2.01. The normalized spacial score (nSPS) is 9.69. The van der Waals surface area contributed by atoms with Crippen LogP contribution in [0.1, 0.15) is 0 Å². The minimum Gasteiger partial charge on any atom is -0.350 e. The highest BCUT2D eigenvalue weighted by molar-refractivity contribution is 8.13. The first-order chi connectivity index (χ1) is 6.26. The molecule has 0 aliphatic heterocycles. The van der Waals surface area contributed by atoms with Crippen molar-refractivity contribution in [3.05, 3.63) is 24.3 Å². The van der Waals surface area contributed by atoms with Crippen LogP contribution in [0.5, 0.6) is 0 Å². The summed E-state index contributed by atoms with van der Waals surface area (Å²) >= 11 is 2.88. The van der Waals surface area contributed by atoms with Gasteiger partial charge in [0.15, 0.2) is 0 Å². The van der Waals surface area contributed by atoms with E-state index in [2.05, 4.69) is 5.32 Å². The number of nitrogens with one attached hydrogen (secondary N) is 1. The lowest BCUT2D eigenvalue weighted by molar-refractivity contribution is 0.262. The minimum atomic E-state index is -0.0294. The number of hydrogen-bond donors (Lipinski definition) is 1. The number of rotatable bonds is 2. The third-order valence-electron chi connectivity index (χ3n) is 1.46. The van der Waals surface area contributed by atoms with Crippen LogP contribution in [0.2, 0.25) is 0 Å². The first-order valence-corrected chi connectivity index (χ1v) is 5.84. The Morgan fingerprint density at radius 1 is 1.38 bits per heavy atom. The van der Waals surface area contributed by atoms with Crippen LogP contribution in [0.3, 0.4) is 0 Å². The average molecular weight is 213 g/mol. The van der Waals surface area contributed by atoms with Crippen LogP contribution in [0.25, 0.3) is 0 Å². The highest BCUT2D eigenvalue weighted by Gasteiger charge is 2.01. The van der Waals surface area contributed by atoms with E-state index in [9.17, 15) is 4.79 Å². The summed E-state index contributed by atoms with van der Waals surface area (Å²) in [7, 11) is 1.63. The van der Waals surface area contributed by atoms with Crippen molar-refractivity contribution in [3.63, 3.8) is 0 Å². The smallest absolute Gasteiger partial charge is 0.283 e. The fourth-order valence-electron chi connectivity index (χ4n) is 0.823. The van der Waals surface area contributed by atoms with Gasteiger partial charge in [0.05, 0.1) is 0 Å². The number of amides is 1. The van der Waals surface area contributed by atoms with Gasteiger partial charge in [0.25, 0.3) is 5.24 Å². The van der Waals surface area contributed by atoms with Gasteiger partial charge in [-0.2, -0.15) is 0 Å². The van der Waals surface area contributed by atoms with E-state index in [0.29, 0.717) is 0 Å². The Kier molecular flexibility index (Phi) is 4.18. The maximum atomic E-state index is 11.0. The molecule has 1 N–H and O–H groups in total. The molecular formula is C9H11NOS2. The first-order valence-electron chi connectivity index (χ1n) is 3.80. The molecule has 0 radical (unpaired) electrons. The number of benzene rings is 1. The molecule has 1 rings (SSSR count). The second kappa shape index (κ2) is 5.19. The van der Waals surface area contributed by atoms with E-state index in [0.717, 1.165) is 4.90 Å². The van der Waals surface area contributed by atoms with E-state index >= 15 is 0 Å². The van der Waals surface area contributed by atoms with Crippen LogP contribution < -0.4 is 5.32 Å². The lowest BCUT2D eigenvalue weighted by Crippen LogP contribution is -2.10. The van der Waals surface area contributed by atoms with Gasteiger partial charge in [0.1, 0.15) is 0 Å². The van der Waals surface area contributed by atoms with Crippen LogP contribution >= 0.6 is 23.5 Å². The van der Waals surface area contributed by atoms with Crippen LogP contribution in [0.15, 0.2) is 34.1 Å². The molecular weight excluding hydrogens is 202 g/mol. The zero-order chi connectivity index (χ0) is 9.68. The van der Waals surface area contributed by atoms with Crippen molar-refractivity contribution >= 4 is 28.8 Å². The summed E-state index contributed by atoms with van der Waals surface area (Å²) in [5.41, 5.74) is 0. The molecule has 0 aliphatic carbocycles. The fraction of sp³-hybridized carbons (Fsp3) is 0.222. The van der Waals surface area contributed by atoms with Crippen molar-refractivity contribution in [2.24, 2.45) is 0 Å². The molecule has 0 heterocycles. The quantitative estimate of drug-likeness (QED) is 0.766. The van der Waals surface area contributed by atoms with Crippen LogP contribution in [0.4, 0.5) is 4.79 Å². The number of hydrogen-bond acceptors (Lipinski definition) is 3. The standard InChI is InChI=1S/C9H11NOS2/c1-10-9(11)13-8-5-3-4-7(6-8)12-2/h3-6H,1-2H3,(H,10,11). The Balaban J connectivity index is 2.71. The van der Waals surface area contributed by atoms with Gasteiger partial charge in [0.2, 0.25) is 0 Å². The Bertz CT molecular complexity index is 301. The monoisotopic (exact) mass is 213 g/mol. The van der Waals surface area contributed by atoms with E-state index in [1.54, 1.807) is 18.8 Å². The van der Waals surface area contributed by atoms with E-state index in [1.807, 2.05) is 30.5 Å². The van der Waals surface area contributed by atoms with Crippen molar-refractivity contribution in [2.45, 2.75) is 9.79 Å². The van der Waals surface area contributed by atoms with E-state index < -0.39 is 0 Å². The van der Waals surface area contributed by atoms with Crippen LogP contribution in [-0.2, 0) is 0 Å². The number of thioether (sulfide) groups is 2. The molecule has 4 heteroatoms. The second-order valence-electron chi connectivity index (χ2n) is 2.32. The maximum Gasteiger partial charge on any atom is 0.283 e. The lowest BCUT2D eigenvalue weighted by atomic mass is 10.4. The van der Waals surface area contributed by atoms with Gasteiger partial charge in [-0.1, -0.05) is 6.07 Å². The molecule has 0 fully saturated rings. The molecule has 0 saturated heterocycles. The summed E-state index contributed by atoms with van der Waals surface area (Å²) in [6.45, 7) is 0. The molecule has 70 valence electrons. The first kappa shape index (κ1) is 10.5. The Labute approximate surface area is 86.5 Å².